The number of fused-ring (bicyclic) bond motifs is 1. The summed E-state index contributed by atoms with van der Waals surface area (Å²) < 4.78 is 8.32. The normalized spacial score (nSPS) is 17.0. The van der Waals surface area contributed by atoms with Gasteiger partial charge in [0, 0.05) is 11.3 Å². The zero-order valence-electron chi connectivity index (χ0n) is 21.9. The maximum absolute atomic E-state index is 13.9. The van der Waals surface area contributed by atoms with Gasteiger partial charge in [0.1, 0.15) is 0 Å². The number of carbonyl (C=O) groups is 1. The van der Waals surface area contributed by atoms with Crippen LogP contribution in [0.1, 0.15) is 72.9 Å². The number of amides is 1. The van der Waals surface area contributed by atoms with Crippen LogP contribution in [0.3, 0.4) is 0 Å². The molecule has 0 bridgehead atoms. The van der Waals surface area contributed by atoms with Gasteiger partial charge in [-0.25, -0.2) is 0 Å². The number of anilines is 1. The van der Waals surface area contributed by atoms with Crippen LogP contribution < -0.4 is 4.57 Å². The highest BCUT2D eigenvalue weighted by atomic mass is 28.4. The molecule has 1 amide bonds. The number of benzene rings is 1. The minimum Gasteiger partial charge on any atom is -0.454 e. The van der Waals surface area contributed by atoms with Gasteiger partial charge in [-0.3, -0.25) is 4.79 Å². The Morgan fingerprint density at radius 3 is 2.06 bits per heavy atom. The van der Waals surface area contributed by atoms with Gasteiger partial charge >= 0.3 is 0 Å². The van der Waals surface area contributed by atoms with Crippen molar-refractivity contribution in [3.63, 3.8) is 0 Å². The van der Waals surface area contributed by atoms with Crippen LogP contribution in [0.5, 0.6) is 0 Å². The standard InChI is InChI=1S/C25H44N2O2Si2/c1-18(2)16-17-19-14-13-15-20-21(26-29-31(11,12)25(6,7)8)23(28)27(22(19)20)30(9,10)24(3,4)5/h13-15,18H,16-17H2,1-12H3/b26-21+. The molecule has 0 spiro atoms. The van der Waals surface area contributed by atoms with E-state index < -0.39 is 16.6 Å². The Hall–Kier alpha value is -1.41. The van der Waals surface area contributed by atoms with Crippen molar-refractivity contribution in [3.8, 4) is 0 Å². The third kappa shape index (κ3) is 5.00. The molecule has 0 unspecified atom stereocenters. The van der Waals surface area contributed by atoms with Gasteiger partial charge in [-0.05, 0) is 47.5 Å². The molecular formula is C25H44N2O2Si2. The molecule has 0 radical (unpaired) electrons. The van der Waals surface area contributed by atoms with E-state index in [1.54, 1.807) is 0 Å². The Morgan fingerprint density at radius 2 is 1.58 bits per heavy atom. The van der Waals surface area contributed by atoms with E-state index in [-0.39, 0.29) is 16.0 Å². The van der Waals surface area contributed by atoms with Crippen molar-refractivity contribution in [2.24, 2.45) is 11.1 Å². The first-order valence-corrected chi connectivity index (χ1v) is 17.5. The number of hydrogen-bond donors (Lipinski definition) is 0. The van der Waals surface area contributed by atoms with E-state index in [1.807, 2.05) is 6.07 Å². The second kappa shape index (κ2) is 8.51. The number of oxime groups is 1. The Balaban J connectivity index is 2.66. The number of hydrogen-bond acceptors (Lipinski definition) is 3. The van der Waals surface area contributed by atoms with E-state index >= 15 is 0 Å². The minimum absolute atomic E-state index is 0.0114. The molecule has 0 N–H and O–H groups in total. The van der Waals surface area contributed by atoms with Crippen molar-refractivity contribution >= 4 is 33.9 Å². The molecule has 1 heterocycles. The van der Waals surface area contributed by atoms with Crippen molar-refractivity contribution < 1.29 is 9.32 Å². The van der Waals surface area contributed by atoms with Crippen molar-refractivity contribution in [1.29, 1.82) is 0 Å². The van der Waals surface area contributed by atoms with Gasteiger partial charge in [0.05, 0.1) is 0 Å². The number of carbonyl (C=O) groups excluding carboxylic acids is 1. The number of rotatable bonds is 6. The first-order valence-electron chi connectivity index (χ1n) is 11.6. The summed E-state index contributed by atoms with van der Waals surface area (Å²) in [7, 11) is -4.29. The molecule has 0 atom stereocenters. The quantitative estimate of drug-likeness (QED) is 0.329. The number of nitrogens with zero attached hydrogens (tertiary/aromatic N) is 2. The van der Waals surface area contributed by atoms with Crippen LogP contribution >= 0.6 is 0 Å². The first kappa shape index (κ1) is 25.9. The predicted molar refractivity (Wildman–Crippen MR) is 139 cm³/mol. The molecule has 6 heteroatoms. The Bertz CT molecular complexity index is 859. The van der Waals surface area contributed by atoms with Crippen LogP contribution in [0.2, 0.25) is 36.3 Å². The molecule has 0 saturated heterocycles. The molecule has 0 aliphatic carbocycles. The van der Waals surface area contributed by atoms with E-state index in [9.17, 15) is 4.79 Å². The van der Waals surface area contributed by atoms with E-state index in [0.717, 1.165) is 24.1 Å². The van der Waals surface area contributed by atoms with Gasteiger partial charge in [0.2, 0.25) is 0 Å². The molecule has 1 aromatic carbocycles. The van der Waals surface area contributed by atoms with Gasteiger partial charge < -0.3 is 9.09 Å². The average Bonchev–Trinajstić information content (AvgIpc) is 2.88. The maximum Gasteiger partial charge on any atom is 0.286 e. The third-order valence-corrected chi connectivity index (χ3v) is 16.9. The zero-order chi connectivity index (χ0) is 24.0. The molecule has 4 nitrogen and oxygen atoms in total. The van der Waals surface area contributed by atoms with Crippen LogP contribution in [-0.4, -0.2) is 28.2 Å². The lowest BCUT2D eigenvalue weighted by Crippen LogP contribution is -2.57. The lowest BCUT2D eigenvalue weighted by molar-refractivity contribution is -0.111. The smallest absolute Gasteiger partial charge is 0.286 e. The highest BCUT2D eigenvalue weighted by Gasteiger charge is 2.51. The van der Waals surface area contributed by atoms with Crippen LogP contribution in [0.15, 0.2) is 23.4 Å². The zero-order valence-corrected chi connectivity index (χ0v) is 23.9. The van der Waals surface area contributed by atoms with Gasteiger partial charge in [0.25, 0.3) is 14.2 Å². The fourth-order valence-electron chi connectivity index (χ4n) is 3.27. The fraction of sp³-hybridized carbons (Fsp3) is 0.680. The van der Waals surface area contributed by atoms with E-state index in [2.05, 4.69) is 103 Å². The first-order chi connectivity index (χ1) is 13.9. The summed E-state index contributed by atoms with van der Waals surface area (Å²) >= 11 is 0. The van der Waals surface area contributed by atoms with E-state index in [4.69, 9.17) is 4.53 Å². The minimum atomic E-state index is -2.17. The Kier molecular flexibility index (Phi) is 7.09. The van der Waals surface area contributed by atoms with Crippen LogP contribution in [0.4, 0.5) is 5.69 Å². The van der Waals surface area contributed by atoms with Crippen LogP contribution in [0.25, 0.3) is 0 Å². The van der Waals surface area contributed by atoms with Gasteiger partial charge in [-0.1, -0.05) is 91.8 Å². The van der Waals surface area contributed by atoms with Gasteiger partial charge in [0.15, 0.2) is 13.9 Å². The summed E-state index contributed by atoms with van der Waals surface area (Å²) in [6.45, 7) is 26.8. The molecule has 1 aliphatic rings. The molecule has 1 aromatic rings. The highest BCUT2D eigenvalue weighted by molar-refractivity contribution is 6.90. The largest absolute Gasteiger partial charge is 0.454 e. The SMILES string of the molecule is CC(C)CCc1cccc2c1N([Si](C)(C)C(C)(C)C)C(=O)/C2=N/O[Si](C)(C)C(C)(C)C. The van der Waals surface area contributed by atoms with Crippen molar-refractivity contribution in [3.05, 3.63) is 29.3 Å². The van der Waals surface area contributed by atoms with Crippen LogP contribution in [0, 0.1) is 5.92 Å². The lowest BCUT2D eigenvalue weighted by Gasteiger charge is -2.44. The van der Waals surface area contributed by atoms with Gasteiger partial charge in [-0.2, -0.15) is 0 Å². The van der Waals surface area contributed by atoms with E-state index in [0.29, 0.717) is 11.6 Å². The van der Waals surface area contributed by atoms with Gasteiger partial charge in [-0.15, -0.1) is 0 Å². The monoisotopic (exact) mass is 460 g/mol. The second-order valence-electron chi connectivity index (χ2n) is 12.5. The topological polar surface area (TPSA) is 41.9 Å². The molecule has 0 saturated carbocycles. The Labute approximate surface area is 192 Å². The molecular weight excluding hydrogens is 416 g/mol. The van der Waals surface area contributed by atoms with E-state index in [1.165, 1.54) is 5.56 Å². The summed E-state index contributed by atoms with van der Waals surface area (Å²) in [5, 5.41) is 4.63. The molecule has 1 aliphatic heterocycles. The summed E-state index contributed by atoms with van der Waals surface area (Å²) in [5.41, 5.74) is 3.75. The molecule has 31 heavy (non-hydrogen) atoms. The maximum atomic E-state index is 13.9. The second-order valence-corrected chi connectivity index (χ2v) is 22.3. The summed E-state index contributed by atoms with van der Waals surface area (Å²) in [5.74, 6) is 0.627. The number of para-hydroxylation sites is 1. The highest BCUT2D eigenvalue weighted by Crippen LogP contribution is 2.46. The summed E-state index contributed by atoms with van der Waals surface area (Å²) in [6, 6.07) is 6.30. The van der Waals surface area contributed by atoms with Crippen molar-refractivity contribution in [2.45, 2.75) is 104 Å². The fourth-order valence-corrected chi connectivity index (χ4v) is 5.97. The lowest BCUT2D eigenvalue weighted by atomic mass is 9.99. The summed E-state index contributed by atoms with van der Waals surface area (Å²) in [4.78, 5) is 13.9. The van der Waals surface area contributed by atoms with Crippen LogP contribution in [-0.2, 0) is 15.7 Å². The van der Waals surface area contributed by atoms with Crippen molar-refractivity contribution in [1.82, 2.24) is 0 Å². The number of aryl methyl sites for hydroxylation is 1. The molecule has 0 fully saturated rings. The third-order valence-electron chi connectivity index (χ3n) is 7.56. The molecule has 174 valence electrons. The summed E-state index contributed by atoms with van der Waals surface area (Å²) in [6.07, 6.45) is 2.07. The molecule has 2 rings (SSSR count). The Morgan fingerprint density at radius 1 is 1.00 bits per heavy atom. The average molecular weight is 461 g/mol. The predicted octanol–water partition coefficient (Wildman–Crippen LogP) is 7.35. The molecule has 0 aromatic heterocycles. The van der Waals surface area contributed by atoms with Crippen molar-refractivity contribution in [2.75, 3.05) is 4.57 Å².